The Hall–Kier alpha value is -1.01. The van der Waals surface area contributed by atoms with E-state index < -0.39 is 0 Å². The Kier molecular flexibility index (Phi) is 7.68. The molecule has 4 rings (SSSR count). The molecule has 1 aliphatic carbocycles. The van der Waals surface area contributed by atoms with Gasteiger partial charge in [0, 0.05) is 45.3 Å². The number of benzene rings is 1. The molecule has 1 saturated carbocycles. The number of nitrogens with two attached hydrogens (primary N) is 1. The van der Waals surface area contributed by atoms with Crippen molar-refractivity contribution in [1.82, 2.24) is 4.90 Å². The third kappa shape index (κ3) is 5.16. The smallest absolute Gasteiger partial charge is 0.369 e. The Bertz CT molecular complexity index is 760. The van der Waals surface area contributed by atoms with Gasteiger partial charge >= 0.3 is 6.03 Å². The van der Waals surface area contributed by atoms with Crippen molar-refractivity contribution >= 4 is 34.9 Å². The third-order valence-corrected chi connectivity index (χ3v) is 8.84. The predicted molar refractivity (Wildman–Crippen MR) is 129 cm³/mol. The number of hydrogen-bond donors (Lipinski definition) is 1. The standard InChI is InChI=1S/C24H36Cl2N4O/c25-21-5-3-6-22(23(21)26)29-13-4-12-28(15-16-29)14-11-19-7-9-20(10-8-19)30(24(27)31)17-1-2-18-30/h3,5-6,19-20H,1-2,4,7-18H2,(H-,27,31)/p+1. The molecule has 1 aromatic carbocycles. The second-order valence-electron chi connectivity index (χ2n) is 9.75. The van der Waals surface area contributed by atoms with Gasteiger partial charge in [0.05, 0.1) is 34.9 Å². The van der Waals surface area contributed by atoms with Crippen molar-refractivity contribution in [3.05, 3.63) is 28.2 Å². The zero-order valence-electron chi connectivity index (χ0n) is 18.6. The molecule has 0 atom stereocenters. The van der Waals surface area contributed by atoms with Gasteiger partial charge < -0.3 is 15.5 Å². The number of primary amides is 1. The van der Waals surface area contributed by atoms with E-state index in [0.29, 0.717) is 20.6 Å². The van der Waals surface area contributed by atoms with E-state index in [2.05, 4.69) is 15.9 Å². The molecule has 172 valence electrons. The van der Waals surface area contributed by atoms with Crippen LogP contribution >= 0.6 is 23.2 Å². The molecule has 3 fully saturated rings. The number of urea groups is 1. The molecule has 2 N–H and O–H groups in total. The molecule has 0 spiro atoms. The highest BCUT2D eigenvalue weighted by molar-refractivity contribution is 6.43. The van der Waals surface area contributed by atoms with E-state index in [9.17, 15) is 4.79 Å². The van der Waals surface area contributed by atoms with Gasteiger partial charge in [-0.25, -0.2) is 9.28 Å². The molecule has 7 heteroatoms. The molecule has 0 radical (unpaired) electrons. The van der Waals surface area contributed by atoms with Gasteiger partial charge in [-0.2, -0.15) is 0 Å². The van der Waals surface area contributed by atoms with Crippen molar-refractivity contribution in [2.75, 3.05) is 50.7 Å². The Labute approximate surface area is 197 Å². The SMILES string of the molecule is NC(=O)[N+]1(C2CCC(CCN3CCCN(c4cccc(Cl)c4Cl)CC3)CC2)CCCC1. The Morgan fingerprint density at radius 1 is 1.00 bits per heavy atom. The van der Waals surface area contributed by atoms with Crippen LogP contribution in [0.4, 0.5) is 10.5 Å². The van der Waals surface area contributed by atoms with Crippen LogP contribution < -0.4 is 10.6 Å². The van der Waals surface area contributed by atoms with Gasteiger partial charge in [0.2, 0.25) is 0 Å². The van der Waals surface area contributed by atoms with Crippen LogP contribution in [0.3, 0.4) is 0 Å². The third-order valence-electron chi connectivity index (χ3n) is 8.03. The molecule has 0 unspecified atom stereocenters. The average Bonchev–Trinajstić information content (AvgIpc) is 3.16. The number of carbonyl (C=O) groups is 1. The molecule has 0 bridgehead atoms. The Balaban J connectivity index is 1.23. The molecule has 2 amide bonds. The van der Waals surface area contributed by atoms with Gasteiger partial charge in [0.15, 0.2) is 0 Å². The average molecular weight is 468 g/mol. The fraction of sp³-hybridized carbons (Fsp3) is 0.708. The highest BCUT2D eigenvalue weighted by atomic mass is 35.5. The van der Waals surface area contributed by atoms with Crippen molar-refractivity contribution in [2.45, 2.75) is 57.4 Å². The van der Waals surface area contributed by atoms with E-state index in [0.717, 1.165) is 83.0 Å². The lowest BCUT2D eigenvalue weighted by Gasteiger charge is -2.41. The first-order valence-electron chi connectivity index (χ1n) is 12.1. The van der Waals surface area contributed by atoms with Gasteiger partial charge in [-0.05, 0) is 56.8 Å². The van der Waals surface area contributed by atoms with Crippen molar-refractivity contribution in [3.63, 3.8) is 0 Å². The fourth-order valence-corrected chi connectivity index (χ4v) is 6.55. The van der Waals surface area contributed by atoms with Gasteiger partial charge in [0.25, 0.3) is 0 Å². The molecule has 2 saturated heterocycles. The summed E-state index contributed by atoms with van der Waals surface area (Å²) in [6.07, 6.45) is 9.52. The summed E-state index contributed by atoms with van der Waals surface area (Å²) in [6.45, 7) is 7.32. The largest absolute Gasteiger partial charge is 0.414 e. The first-order valence-corrected chi connectivity index (χ1v) is 12.8. The maximum absolute atomic E-state index is 12.2. The number of halogens is 2. The van der Waals surface area contributed by atoms with Crippen LogP contribution in [0.2, 0.25) is 10.0 Å². The number of likely N-dealkylation sites (tertiary alicyclic amines) is 1. The van der Waals surface area contributed by atoms with Crippen LogP contribution in [0.1, 0.15) is 51.4 Å². The lowest BCUT2D eigenvalue weighted by Crippen LogP contribution is -2.60. The normalized spacial score (nSPS) is 27.2. The summed E-state index contributed by atoms with van der Waals surface area (Å²) in [4.78, 5) is 17.2. The van der Waals surface area contributed by atoms with Crippen molar-refractivity contribution in [2.24, 2.45) is 11.7 Å². The van der Waals surface area contributed by atoms with E-state index in [1.807, 2.05) is 12.1 Å². The molecular weight excluding hydrogens is 431 g/mol. The summed E-state index contributed by atoms with van der Waals surface area (Å²) in [6, 6.07) is 6.28. The second-order valence-corrected chi connectivity index (χ2v) is 10.5. The quantitative estimate of drug-likeness (QED) is 0.609. The minimum Gasteiger partial charge on any atom is -0.369 e. The first kappa shape index (κ1) is 23.2. The number of anilines is 1. The maximum Gasteiger partial charge on any atom is 0.414 e. The van der Waals surface area contributed by atoms with Gasteiger partial charge in [-0.1, -0.05) is 29.3 Å². The van der Waals surface area contributed by atoms with Gasteiger partial charge in [0.1, 0.15) is 0 Å². The molecular formula is C24H37Cl2N4O+. The Morgan fingerprint density at radius 2 is 1.74 bits per heavy atom. The second kappa shape index (κ2) is 10.3. The number of nitrogens with zero attached hydrogens (tertiary/aromatic N) is 3. The number of carbonyl (C=O) groups excluding carboxylic acids is 1. The predicted octanol–water partition coefficient (Wildman–Crippen LogP) is 5.14. The summed E-state index contributed by atoms with van der Waals surface area (Å²) in [7, 11) is 0. The number of hydrogen-bond acceptors (Lipinski definition) is 3. The summed E-state index contributed by atoms with van der Waals surface area (Å²) >= 11 is 12.7. The van der Waals surface area contributed by atoms with Crippen LogP contribution in [-0.4, -0.2) is 67.3 Å². The highest BCUT2D eigenvalue weighted by Gasteiger charge is 2.46. The van der Waals surface area contributed by atoms with Crippen molar-refractivity contribution < 1.29 is 9.28 Å². The van der Waals surface area contributed by atoms with Crippen molar-refractivity contribution in [1.29, 1.82) is 0 Å². The summed E-state index contributed by atoms with van der Waals surface area (Å²) in [5, 5.41) is 1.30. The molecule has 3 aliphatic rings. The molecule has 31 heavy (non-hydrogen) atoms. The number of rotatable bonds is 5. The number of quaternary nitrogens is 1. The van der Waals surface area contributed by atoms with Crippen LogP contribution in [0, 0.1) is 5.92 Å². The molecule has 1 aromatic rings. The topological polar surface area (TPSA) is 49.6 Å². The summed E-state index contributed by atoms with van der Waals surface area (Å²) < 4.78 is 0.570. The van der Waals surface area contributed by atoms with E-state index >= 15 is 0 Å². The zero-order chi connectivity index (χ0) is 21.8. The highest BCUT2D eigenvalue weighted by Crippen LogP contribution is 2.36. The van der Waals surface area contributed by atoms with E-state index in [1.54, 1.807) is 0 Å². The minimum atomic E-state index is -0.0881. The van der Waals surface area contributed by atoms with Crippen LogP contribution in [0.25, 0.3) is 0 Å². The van der Waals surface area contributed by atoms with E-state index in [-0.39, 0.29) is 6.03 Å². The molecule has 2 aliphatic heterocycles. The molecule has 2 heterocycles. The maximum atomic E-state index is 12.2. The summed E-state index contributed by atoms with van der Waals surface area (Å²) in [5.41, 5.74) is 6.91. The van der Waals surface area contributed by atoms with Gasteiger partial charge in [-0.15, -0.1) is 0 Å². The summed E-state index contributed by atoms with van der Waals surface area (Å²) in [5.74, 6) is 0.786. The van der Waals surface area contributed by atoms with Crippen LogP contribution in [0.5, 0.6) is 0 Å². The lowest BCUT2D eigenvalue weighted by molar-refractivity contribution is -0.864. The van der Waals surface area contributed by atoms with E-state index in [1.165, 1.54) is 25.8 Å². The van der Waals surface area contributed by atoms with Crippen LogP contribution in [-0.2, 0) is 0 Å². The number of amides is 2. The Morgan fingerprint density at radius 3 is 2.45 bits per heavy atom. The lowest BCUT2D eigenvalue weighted by atomic mass is 9.82. The zero-order valence-corrected chi connectivity index (χ0v) is 20.1. The monoisotopic (exact) mass is 467 g/mol. The molecule has 0 aromatic heterocycles. The van der Waals surface area contributed by atoms with Gasteiger partial charge in [-0.3, -0.25) is 0 Å². The molecule has 5 nitrogen and oxygen atoms in total. The fourth-order valence-electron chi connectivity index (χ4n) is 6.13. The minimum absolute atomic E-state index is 0.0881. The van der Waals surface area contributed by atoms with Crippen molar-refractivity contribution in [3.8, 4) is 0 Å². The van der Waals surface area contributed by atoms with E-state index in [4.69, 9.17) is 28.9 Å². The first-order chi connectivity index (χ1) is 15.0. The van der Waals surface area contributed by atoms with Crippen LogP contribution in [0.15, 0.2) is 18.2 Å².